The zero-order chi connectivity index (χ0) is 21.9. The molecule has 3 rings (SSSR count). The zero-order valence-electron chi connectivity index (χ0n) is 16.2. The number of carbonyl (C=O) groups excluding carboxylic acids is 2. The summed E-state index contributed by atoms with van der Waals surface area (Å²) in [6.07, 6.45) is 0. The van der Waals surface area contributed by atoms with Gasteiger partial charge in [-0.15, -0.1) is 0 Å². The van der Waals surface area contributed by atoms with E-state index < -0.39 is 15.0 Å². The predicted octanol–water partition coefficient (Wildman–Crippen LogP) is 4.92. The van der Waals surface area contributed by atoms with Crippen molar-refractivity contribution in [1.29, 1.82) is 0 Å². The van der Waals surface area contributed by atoms with E-state index in [9.17, 15) is 22.6 Å². The van der Waals surface area contributed by atoms with Gasteiger partial charge in [-0.05, 0) is 74.5 Å². The molecule has 7 nitrogen and oxygen atoms in total. The van der Waals surface area contributed by atoms with Gasteiger partial charge in [-0.25, -0.2) is 0 Å². The van der Waals surface area contributed by atoms with Crippen molar-refractivity contribution >= 4 is 21.7 Å². The van der Waals surface area contributed by atoms with Crippen molar-refractivity contribution in [3.8, 4) is 23.0 Å². The number of hydrogen-bond donors (Lipinski definition) is 1. The van der Waals surface area contributed by atoms with Crippen LogP contribution in [0.15, 0.2) is 71.6 Å². The molecule has 8 heteroatoms. The van der Waals surface area contributed by atoms with Crippen LogP contribution < -0.4 is 9.47 Å². The number of rotatable bonds is 7. The average molecular weight is 426 g/mol. The molecule has 0 saturated heterocycles. The molecule has 30 heavy (non-hydrogen) atoms. The Morgan fingerprint density at radius 1 is 0.700 bits per heavy atom. The minimum Gasteiger partial charge on any atom is -0.457 e. The van der Waals surface area contributed by atoms with Gasteiger partial charge in [0.2, 0.25) is 0 Å². The largest absolute Gasteiger partial charge is 0.457 e. The molecular weight excluding hydrogens is 408 g/mol. The third kappa shape index (κ3) is 5.11. The van der Waals surface area contributed by atoms with E-state index in [4.69, 9.17) is 9.47 Å². The van der Waals surface area contributed by atoms with Crippen LogP contribution in [0.1, 0.15) is 34.6 Å². The molecule has 0 aromatic heterocycles. The number of Topliss-reactive ketones (excluding diaryl/α,β-unsaturated/α-hetero) is 2. The standard InChI is InChI=1S/C22H18O7S/c1-14(23)16-3-7-18(8-4-16)28-20-11-12-21(22(13-20)30(25,26)27)29-19-9-5-17(6-10-19)15(2)24/h3-13H,1-2H3,(H,25,26,27). The second-order valence-electron chi connectivity index (χ2n) is 6.45. The van der Waals surface area contributed by atoms with Gasteiger partial charge in [0.05, 0.1) is 0 Å². The highest BCUT2D eigenvalue weighted by Gasteiger charge is 2.19. The summed E-state index contributed by atoms with van der Waals surface area (Å²) in [7, 11) is -4.61. The van der Waals surface area contributed by atoms with Crippen molar-refractivity contribution in [2.45, 2.75) is 18.7 Å². The van der Waals surface area contributed by atoms with Crippen LogP contribution >= 0.6 is 0 Å². The van der Waals surface area contributed by atoms with Crippen molar-refractivity contribution in [2.75, 3.05) is 0 Å². The predicted molar refractivity (Wildman–Crippen MR) is 109 cm³/mol. The van der Waals surface area contributed by atoms with Crippen molar-refractivity contribution in [3.05, 3.63) is 77.9 Å². The van der Waals surface area contributed by atoms with Crippen molar-refractivity contribution < 1.29 is 32.0 Å². The van der Waals surface area contributed by atoms with Crippen LogP contribution in [-0.4, -0.2) is 24.5 Å². The molecule has 1 N–H and O–H groups in total. The minimum absolute atomic E-state index is 0.0898. The molecule has 0 spiro atoms. The monoisotopic (exact) mass is 426 g/mol. The molecule has 0 aliphatic heterocycles. The van der Waals surface area contributed by atoms with Gasteiger partial charge in [0.15, 0.2) is 11.6 Å². The number of carbonyl (C=O) groups is 2. The number of ketones is 2. The molecule has 0 aliphatic carbocycles. The van der Waals surface area contributed by atoms with Gasteiger partial charge in [-0.1, -0.05) is 0 Å². The van der Waals surface area contributed by atoms with Gasteiger partial charge in [-0.2, -0.15) is 8.42 Å². The zero-order valence-corrected chi connectivity index (χ0v) is 17.0. The molecular formula is C22H18O7S. The second kappa shape index (κ2) is 8.48. The van der Waals surface area contributed by atoms with E-state index in [1.54, 1.807) is 36.4 Å². The highest BCUT2D eigenvalue weighted by atomic mass is 32.2. The molecule has 0 saturated carbocycles. The van der Waals surface area contributed by atoms with Gasteiger partial charge in [0, 0.05) is 17.2 Å². The van der Waals surface area contributed by atoms with Gasteiger partial charge in [0.1, 0.15) is 27.9 Å². The number of benzene rings is 3. The summed E-state index contributed by atoms with van der Waals surface area (Å²) in [5.74, 6) is 0.518. The first-order chi connectivity index (χ1) is 14.1. The normalized spacial score (nSPS) is 11.0. The first-order valence-electron chi connectivity index (χ1n) is 8.83. The first-order valence-corrected chi connectivity index (χ1v) is 10.3. The summed E-state index contributed by atoms with van der Waals surface area (Å²) < 4.78 is 44.5. The lowest BCUT2D eigenvalue weighted by Crippen LogP contribution is -2.02. The fourth-order valence-corrected chi connectivity index (χ4v) is 3.25. The Morgan fingerprint density at radius 2 is 1.13 bits per heavy atom. The quantitative estimate of drug-likeness (QED) is 0.422. The van der Waals surface area contributed by atoms with E-state index in [2.05, 4.69) is 0 Å². The maximum Gasteiger partial charge on any atom is 0.298 e. The molecule has 0 radical (unpaired) electrons. The highest BCUT2D eigenvalue weighted by Crippen LogP contribution is 2.34. The first kappa shape index (κ1) is 21.2. The molecule has 0 amide bonds. The van der Waals surface area contributed by atoms with Crippen LogP contribution in [0, 0.1) is 0 Å². The molecule has 0 aliphatic rings. The van der Waals surface area contributed by atoms with Crippen LogP contribution in [0.25, 0.3) is 0 Å². The second-order valence-corrected chi connectivity index (χ2v) is 7.84. The molecule has 0 heterocycles. The van der Waals surface area contributed by atoms with Crippen molar-refractivity contribution in [1.82, 2.24) is 0 Å². The van der Waals surface area contributed by atoms with Gasteiger partial charge >= 0.3 is 0 Å². The summed E-state index contributed by atoms with van der Waals surface area (Å²) in [6.45, 7) is 2.87. The van der Waals surface area contributed by atoms with E-state index in [-0.39, 0.29) is 23.1 Å². The maximum absolute atomic E-state index is 11.8. The molecule has 154 valence electrons. The Labute approximate surface area is 173 Å². The van der Waals surface area contributed by atoms with Crippen LogP contribution in [-0.2, 0) is 10.1 Å². The Hall–Kier alpha value is -3.49. The molecule has 0 bridgehead atoms. The summed E-state index contributed by atoms with van der Waals surface area (Å²) in [5, 5.41) is 0. The third-order valence-corrected chi connectivity index (χ3v) is 5.05. The van der Waals surface area contributed by atoms with Crippen molar-refractivity contribution in [3.63, 3.8) is 0 Å². The average Bonchev–Trinajstić information content (AvgIpc) is 2.69. The molecule has 3 aromatic rings. The SMILES string of the molecule is CC(=O)c1ccc(Oc2ccc(Oc3ccc(C(C)=O)cc3)c(S(=O)(=O)O)c2)cc1. The van der Waals surface area contributed by atoms with Crippen LogP contribution in [0.2, 0.25) is 0 Å². The van der Waals surface area contributed by atoms with Crippen LogP contribution in [0.5, 0.6) is 23.0 Å². The van der Waals surface area contributed by atoms with E-state index in [1.807, 2.05) is 0 Å². The van der Waals surface area contributed by atoms with Gasteiger partial charge in [-0.3, -0.25) is 14.1 Å². The summed E-state index contributed by atoms with van der Waals surface area (Å²) in [4.78, 5) is 22.2. The molecule has 0 fully saturated rings. The minimum atomic E-state index is -4.61. The Kier molecular flexibility index (Phi) is 6.00. The molecule has 0 unspecified atom stereocenters. The van der Waals surface area contributed by atoms with E-state index in [0.717, 1.165) is 6.07 Å². The lowest BCUT2D eigenvalue weighted by molar-refractivity contribution is 0.100. The van der Waals surface area contributed by atoms with Gasteiger partial charge < -0.3 is 9.47 Å². The molecule has 3 aromatic carbocycles. The van der Waals surface area contributed by atoms with E-state index in [1.165, 1.54) is 38.1 Å². The van der Waals surface area contributed by atoms with E-state index >= 15 is 0 Å². The van der Waals surface area contributed by atoms with Crippen LogP contribution in [0.4, 0.5) is 0 Å². The smallest absolute Gasteiger partial charge is 0.298 e. The fourth-order valence-electron chi connectivity index (χ4n) is 2.62. The maximum atomic E-state index is 11.8. The molecule has 0 atom stereocenters. The van der Waals surface area contributed by atoms with Gasteiger partial charge in [0.25, 0.3) is 10.1 Å². The summed E-state index contributed by atoms with van der Waals surface area (Å²) in [5.41, 5.74) is 0.998. The number of ether oxygens (including phenoxy) is 2. The Balaban J connectivity index is 1.88. The summed E-state index contributed by atoms with van der Waals surface area (Å²) >= 11 is 0. The summed E-state index contributed by atoms with van der Waals surface area (Å²) in [6, 6.07) is 16.4. The fraction of sp³-hybridized carbons (Fsp3) is 0.0909. The lowest BCUT2D eigenvalue weighted by atomic mass is 10.1. The third-order valence-electron chi connectivity index (χ3n) is 4.18. The van der Waals surface area contributed by atoms with E-state index in [0.29, 0.717) is 22.6 Å². The Bertz CT molecular complexity index is 1200. The Morgan fingerprint density at radius 3 is 1.57 bits per heavy atom. The topological polar surface area (TPSA) is 107 Å². The van der Waals surface area contributed by atoms with Crippen LogP contribution in [0.3, 0.4) is 0 Å². The van der Waals surface area contributed by atoms with Crippen molar-refractivity contribution in [2.24, 2.45) is 0 Å². The lowest BCUT2D eigenvalue weighted by Gasteiger charge is -2.12. The number of hydrogen-bond acceptors (Lipinski definition) is 6. The highest BCUT2D eigenvalue weighted by molar-refractivity contribution is 7.86.